The molecule has 0 saturated heterocycles. The summed E-state index contributed by atoms with van der Waals surface area (Å²) in [5.41, 5.74) is 0.352. The fourth-order valence-corrected chi connectivity index (χ4v) is 0.552. The van der Waals surface area contributed by atoms with Crippen molar-refractivity contribution >= 4 is 11.9 Å². The van der Waals surface area contributed by atoms with Crippen LogP contribution in [-0.4, -0.2) is 45.1 Å². The number of unbranched alkanes of at least 4 members (excludes halogenated alkanes) is 1. The highest BCUT2D eigenvalue weighted by molar-refractivity contribution is 5.85. The molecule has 0 aliphatic carbocycles. The Bertz CT molecular complexity index is 259. The van der Waals surface area contributed by atoms with Crippen molar-refractivity contribution in [1.82, 2.24) is 0 Å². The first-order valence-electron chi connectivity index (χ1n) is 6.12. The van der Waals surface area contributed by atoms with Crippen molar-refractivity contribution in [2.45, 2.75) is 46.1 Å². The summed E-state index contributed by atoms with van der Waals surface area (Å²) in [6, 6.07) is 0. The number of aliphatic hydroxyl groups excluding tert-OH is 2. The molecule has 20 heavy (non-hydrogen) atoms. The van der Waals surface area contributed by atoms with Crippen LogP contribution in [-0.2, 0) is 9.59 Å². The second-order valence-corrected chi connectivity index (χ2v) is 4.24. The molecule has 0 rings (SSSR count). The van der Waals surface area contributed by atoms with Crippen LogP contribution >= 0.6 is 0 Å². The van der Waals surface area contributed by atoms with Crippen LogP contribution in [0.15, 0.2) is 24.3 Å². The number of rotatable bonds is 6. The van der Waals surface area contributed by atoms with E-state index in [1.165, 1.54) is 13.8 Å². The Kier molecular flexibility index (Phi) is 18.0. The van der Waals surface area contributed by atoms with Gasteiger partial charge in [-0.3, -0.25) is 0 Å². The Hall–Kier alpha value is -1.66. The van der Waals surface area contributed by atoms with Crippen molar-refractivity contribution in [3.05, 3.63) is 24.3 Å². The van der Waals surface area contributed by atoms with Crippen LogP contribution in [0.1, 0.15) is 40.0 Å². The molecule has 0 aliphatic rings. The van der Waals surface area contributed by atoms with Crippen LogP contribution in [0.5, 0.6) is 0 Å². The van der Waals surface area contributed by atoms with Gasteiger partial charge in [0.15, 0.2) is 0 Å². The molecule has 0 fully saturated rings. The summed E-state index contributed by atoms with van der Waals surface area (Å²) in [5, 5.41) is 32.8. The Morgan fingerprint density at radius 3 is 1.45 bits per heavy atom. The molecule has 0 bridgehead atoms. The Morgan fingerprint density at radius 1 is 1.00 bits per heavy atom. The van der Waals surface area contributed by atoms with Crippen molar-refractivity contribution in [3.63, 3.8) is 0 Å². The van der Waals surface area contributed by atoms with Crippen molar-refractivity contribution < 1.29 is 30.0 Å². The van der Waals surface area contributed by atoms with E-state index < -0.39 is 11.9 Å². The number of carboxylic acid groups (broad SMARTS) is 2. The molecule has 1 unspecified atom stereocenters. The summed E-state index contributed by atoms with van der Waals surface area (Å²) in [5.74, 6) is -1.87. The molecule has 0 amide bonds. The third-order valence-electron chi connectivity index (χ3n) is 1.76. The number of aliphatic carboxylic acids is 2. The van der Waals surface area contributed by atoms with Crippen LogP contribution in [0, 0.1) is 0 Å². The summed E-state index contributed by atoms with van der Waals surface area (Å²) in [7, 11) is 0. The molecule has 6 heteroatoms. The molecule has 0 radical (unpaired) electrons. The minimum absolute atomic E-state index is 0.176. The van der Waals surface area contributed by atoms with Gasteiger partial charge in [-0.25, -0.2) is 9.59 Å². The third kappa shape index (κ3) is 29.9. The predicted octanol–water partition coefficient (Wildman–Crippen LogP) is 1.82. The highest BCUT2D eigenvalue weighted by Crippen LogP contribution is 1.97. The second-order valence-electron chi connectivity index (χ2n) is 4.24. The average Bonchev–Trinajstić information content (AvgIpc) is 2.30. The summed E-state index contributed by atoms with van der Waals surface area (Å²) >= 11 is 0. The molecule has 1 atom stereocenters. The standard InChI is InChI=1S/C6H14O2.2C4H6O2/c1-6(8)4-2-3-5-7;2*1-3(2)4(5)6/h6-8H,2-5H2,1H3;2*1H2,2H3,(H,5,6). The topological polar surface area (TPSA) is 115 Å². The lowest BCUT2D eigenvalue weighted by Gasteiger charge is -1.99. The van der Waals surface area contributed by atoms with Crippen LogP contribution in [0.4, 0.5) is 0 Å². The van der Waals surface area contributed by atoms with Gasteiger partial charge in [-0.2, -0.15) is 0 Å². The van der Waals surface area contributed by atoms with E-state index in [4.69, 9.17) is 20.4 Å². The maximum Gasteiger partial charge on any atom is 0.330 e. The Labute approximate surface area is 120 Å². The van der Waals surface area contributed by atoms with Crippen molar-refractivity contribution in [1.29, 1.82) is 0 Å². The van der Waals surface area contributed by atoms with E-state index >= 15 is 0 Å². The van der Waals surface area contributed by atoms with E-state index in [2.05, 4.69) is 13.2 Å². The molecule has 0 saturated carbocycles. The minimum Gasteiger partial charge on any atom is -0.478 e. The van der Waals surface area contributed by atoms with Gasteiger partial charge in [-0.05, 0) is 40.0 Å². The second kappa shape index (κ2) is 15.4. The van der Waals surface area contributed by atoms with Crippen LogP contribution in [0.25, 0.3) is 0 Å². The zero-order chi connectivity index (χ0) is 16.7. The molecule has 0 spiro atoms. The van der Waals surface area contributed by atoms with Crippen molar-refractivity contribution in [2.75, 3.05) is 6.61 Å². The van der Waals surface area contributed by atoms with E-state index in [1.54, 1.807) is 6.92 Å². The van der Waals surface area contributed by atoms with Gasteiger partial charge in [-0.1, -0.05) is 13.2 Å². The number of carboxylic acids is 2. The minimum atomic E-state index is -0.935. The number of carbonyl (C=O) groups is 2. The fraction of sp³-hybridized carbons (Fsp3) is 0.571. The predicted molar refractivity (Wildman–Crippen MR) is 77.5 cm³/mol. The maximum absolute atomic E-state index is 9.60. The number of aliphatic hydroxyl groups is 2. The smallest absolute Gasteiger partial charge is 0.330 e. The molecule has 0 heterocycles. The van der Waals surface area contributed by atoms with Gasteiger partial charge in [-0.15, -0.1) is 0 Å². The van der Waals surface area contributed by atoms with E-state index in [-0.39, 0.29) is 23.9 Å². The number of hydrogen-bond donors (Lipinski definition) is 4. The Morgan fingerprint density at radius 2 is 1.30 bits per heavy atom. The first-order chi connectivity index (χ1) is 9.06. The van der Waals surface area contributed by atoms with Gasteiger partial charge in [0.25, 0.3) is 0 Å². The van der Waals surface area contributed by atoms with Crippen LogP contribution in [0.3, 0.4) is 0 Å². The normalized spacial score (nSPS) is 10.1. The quantitative estimate of drug-likeness (QED) is 0.438. The first kappa shape index (κ1) is 23.4. The van der Waals surface area contributed by atoms with Crippen molar-refractivity contribution in [3.8, 4) is 0 Å². The van der Waals surface area contributed by atoms with Gasteiger partial charge in [0.1, 0.15) is 0 Å². The third-order valence-corrected chi connectivity index (χ3v) is 1.76. The monoisotopic (exact) mass is 290 g/mol. The Balaban J connectivity index is -0.000000221. The molecular weight excluding hydrogens is 264 g/mol. The molecule has 6 nitrogen and oxygen atoms in total. The zero-order valence-corrected chi connectivity index (χ0v) is 12.4. The fourth-order valence-electron chi connectivity index (χ4n) is 0.552. The average molecular weight is 290 g/mol. The molecule has 118 valence electrons. The van der Waals surface area contributed by atoms with Gasteiger partial charge in [0.2, 0.25) is 0 Å². The molecule has 4 N–H and O–H groups in total. The van der Waals surface area contributed by atoms with Gasteiger partial charge >= 0.3 is 11.9 Å². The molecular formula is C14H26O6. The lowest BCUT2D eigenvalue weighted by molar-refractivity contribution is -0.133. The SMILES string of the molecule is C=C(C)C(=O)O.C=C(C)C(=O)O.CC(O)CCCCO. The van der Waals surface area contributed by atoms with E-state index in [9.17, 15) is 9.59 Å². The highest BCUT2D eigenvalue weighted by atomic mass is 16.4. The van der Waals surface area contributed by atoms with Gasteiger partial charge < -0.3 is 20.4 Å². The largest absolute Gasteiger partial charge is 0.478 e. The molecule has 0 aromatic heterocycles. The van der Waals surface area contributed by atoms with Crippen molar-refractivity contribution in [2.24, 2.45) is 0 Å². The maximum atomic E-state index is 9.60. The highest BCUT2D eigenvalue weighted by Gasteiger charge is 1.92. The summed E-state index contributed by atoms with van der Waals surface area (Å²) < 4.78 is 0. The van der Waals surface area contributed by atoms with Crippen LogP contribution in [0.2, 0.25) is 0 Å². The van der Waals surface area contributed by atoms with E-state index in [0.29, 0.717) is 0 Å². The summed E-state index contributed by atoms with van der Waals surface area (Å²) in [6.45, 7) is 11.2. The summed E-state index contributed by atoms with van der Waals surface area (Å²) in [4.78, 5) is 19.2. The number of hydrogen-bond acceptors (Lipinski definition) is 4. The molecule has 0 aliphatic heterocycles. The first-order valence-corrected chi connectivity index (χ1v) is 6.12. The van der Waals surface area contributed by atoms with Gasteiger partial charge in [0.05, 0.1) is 6.10 Å². The van der Waals surface area contributed by atoms with Gasteiger partial charge in [0, 0.05) is 17.8 Å². The zero-order valence-electron chi connectivity index (χ0n) is 12.4. The van der Waals surface area contributed by atoms with E-state index in [0.717, 1.165) is 19.3 Å². The molecule has 0 aromatic rings. The summed E-state index contributed by atoms with van der Waals surface area (Å²) in [6.07, 6.45) is 2.33. The lowest BCUT2D eigenvalue weighted by Crippen LogP contribution is -1.98. The molecule has 0 aromatic carbocycles. The lowest BCUT2D eigenvalue weighted by atomic mass is 10.2. The van der Waals surface area contributed by atoms with Crippen LogP contribution < -0.4 is 0 Å². The van der Waals surface area contributed by atoms with E-state index in [1.807, 2.05) is 0 Å².